The molecule has 6 aliphatic carbocycles. The van der Waals surface area contributed by atoms with Crippen LogP contribution in [0.1, 0.15) is 122 Å². The zero-order valence-electron chi connectivity index (χ0n) is 38.6. The molecule has 5 aromatic carbocycles. The van der Waals surface area contributed by atoms with Crippen molar-refractivity contribution in [3.05, 3.63) is 130 Å². The van der Waals surface area contributed by atoms with E-state index in [0.717, 1.165) is 42.4 Å². The average molecular weight is 924 g/mol. The third-order valence-corrected chi connectivity index (χ3v) is 17.4. The lowest BCUT2D eigenvalue weighted by Gasteiger charge is -2.57. The highest BCUT2D eigenvalue weighted by molar-refractivity contribution is 5.82. The van der Waals surface area contributed by atoms with Gasteiger partial charge in [0.2, 0.25) is 5.75 Å². The number of hydrogen-bond acceptors (Lipinski definition) is 11. The van der Waals surface area contributed by atoms with Gasteiger partial charge in [0, 0.05) is 24.0 Å². The van der Waals surface area contributed by atoms with Crippen LogP contribution in [0.2, 0.25) is 0 Å². The highest BCUT2D eigenvalue weighted by Gasteiger charge is 2.62. The molecule has 4 fully saturated rings. The lowest BCUT2D eigenvalue weighted by molar-refractivity contribution is -0.136. The summed E-state index contributed by atoms with van der Waals surface area (Å²) in [6, 6.07) is 29.1. The van der Waals surface area contributed by atoms with Crippen molar-refractivity contribution in [1.82, 2.24) is 0 Å². The molecule has 9 unspecified atom stereocenters. The van der Waals surface area contributed by atoms with Crippen LogP contribution < -0.4 is 15.2 Å². The largest absolute Gasteiger partial charge is 0.508 e. The summed E-state index contributed by atoms with van der Waals surface area (Å²) in [6.45, 7) is -0.0865. The summed E-state index contributed by atoms with van der Waals surface area (Å²) in [7, 11) is 0. The summed E-state index contributed by atoms with van der Waals surface area (Å²) in [5, 5.41) is 79.3. The maximum absolute atomic E-state index is 15.0. The third-order valence-electron chi connectivity index (χ3n) is 17.4. The Kier molecular flexibility index (Phi) is 12.5. The molecule has 2 bridgehead atoms. The Bertz CT molecular complexity index is 2640. The maximum Gasteiger partial charge on any atom is 0.200 e. The van der Waals surface area contributed by atoms with Gasteiger partial charge in [-0.15, -0.1) is 0 Å². The summed E-state index contributed by atoms with van der Waals surface area (Å²) in [6.07, 6.45) is 10.6. The molecule has 11 nitrogen and oxygen atoms in total. The molecule has 9 N–H and O–H groups in total. The van der Waals surface area contributed by atoms with Crippen molar-refractivity contribution in [2.75, 3.05) is 6.73 Å². The van der Waals surface area contributed by atoms with E-state index in [4.69, 9.17) is 15.2 Å². The lowest BCUT2D eigenvalue weighted by atomic mass is 9.47. The van der Waals surface area contributed by atoms with E-state index in [2.05, 4.69) is 30.3 Å². The van der Waals surface area contributed by atoms with Crippen LogP contribution in [0.4, 0.5) is 0 Å². The summed E-state index contributed by atoms with van der Waals surface area (Å²) in [5.41, 5.74) is 10.6. The topological polar surface area (TPSA) is 203 Å². The number of benzene rings is 5. The molecular weight excluding hydrogens is 859 g/mol. The molecule has 68 heavy (non-hydrogen) atoms. The fraction of sp³-hybridized carbons (Fsp3) is 0.456. The first-order chi connectivity index (χ1) is 32.9. The Hall–Kier alpha value is -5.91. The number of carbonyl (C=O) groups excluding carboxylic acids is 1. The Labute approximate surface area is 398 Å². The fourth-order valence-corrected chi connectivity index (χ4v) is 14.7. The van der Waals surface area contributed by atoms with Gasteiger partial charge in [-0.1, -0.05) is 73.9 Å². The SMILES string of the molecule is NCOc1cc(CCC(=O)C2CC(Cc3ccc(O)cc3O)C3CC4CC(C5(c6ccccc6)CCCC6(CCCC6)C5)C(c5cc(O)c(O)c(OCc6cccc(O)c6)c54)C3C2O)ccc1O. The van der Waals surface area contributed by atoms with E-state index in [1.54, 1.807) is 48.5 Å². The Morgan fingerprint density at radius 1 is 0.721 bits per heavy atom. The summed E-state index contributed by atoms with van der Waals surface area (Å²) < 4.78 is 12.0. The first-order valence-corrected chi connectivity index (χ1v) is 24.8. The number of phenolic OH excluding ortho intramolecular Hbond substituents is 6. The van der Waals surface area contributed by atoms with Crippen LogP contribution in [0.5, 0.6) is 46.0 Å². The molecule has 0 amide bonds. The van der Waals surface area contributed by atoms with Crippen LogP contribution in [0.15, 0.2) is 97.1 Å². The lowest BCUT2D eigenvalue weighted by Crippen LogP contribution is -2.53. The van der Waals surface area contributed by atoms with Gasteiger partial charge in [0.1, 0.15) is 36.4 Å². The van der Waals surface area contributed by atoms with Crippen LogP contribution >= 0.6 is 0 Å². The van der Waals surface area contributed by atoms with Crippen LogP contribution in [-0.2, 0) is 29.7 Å². The van der Waals surface area contributed by atoms with Gasteiger partial charge in [0.15, 0.2) is 23.0 Å². The summed E-state index contributed by atoms with van der Waals surface area (Å²) in [4.78, 5) is 15.0. The number of aromatic hydroxyl groups is 6. The number of nitrogens with two attached hydrogens (primary N) is 1. The van der Waals surface area contributed by atoms with Gasteiger partial charge in [0.05, 0.1) is 6.10 Å². The van der Waals surface area contributed by atoms with Gasteiger partial charge < -0.3 is 45.2 Å². The van der Waals surface area contributed by atoms with Crippen molar-refractivity contribution < 1.29 is 50.0 Å². The molecule has 0 heterocycles. The fourth-order valence-electron chi connectivity index (χ4n) is 14.7. The molecule has 5 aromatic rings. The van der Waals surface area contributed by atoms with Crippen molar-refractivity contribution in [3.63, 3.8) is 0 Å². The smallest absolute Gasteiger partial charge is 0.200 e. The number of fused-ring (bicyclic) bond motifs is 1. The maximum atomic E-state index is 15.0. The van der Waals surface area contributed by atoms with Crippen molar-refractivity contribution in [2.24, 2.45) is 40.7 Å². The highest BCUT2D eigenvalue weighted by atomic mass is 16.5. The number of aliphatic hydroxyl groups is 1. The molecule has 11 rings (SSSR count). The molecule has 9 atom stereocenters. The molecule has 0 saturated heterocycles. The molecule has 0 aromatic heterocycles. The van der Waals surface area contributed by atoms with Gasteiger partial charge in [-0.3, -0.25) is 10.5 Å². The molecule has 0 radical (unpaired) electrons. The second-order valence-corrected chi connectivity index (χ2v) is 21.0. The van der Waals surface area contributed by atoms with E-state index in [1.165, 1.54) is 49.8 Å². The quantitative estimate of drug-likeness (QED) is 0.0412. The third kappa shape index (κ3) is 8.40. The van der Waals surface area contributed by atoms with Gasteiger partial charge in [-0.2, -0.15) is 0 Å². The number of hydrogen-bond donors (Lipinski definition) is 8. The van der Waals surface area contributed by atoms with E-state index in [1.807, 2.05) is 6.07 Å². The van der Waals surface area contributed by atoms with Gasteiger partial charge >= 0.3 is 0 Å². The number of carbonyl (C=O) groups is 1. The first kappa shape index (κ1) is 45.9. The van der Waals surface area contributed by atoms with Crippen LogP contribution in [-0.4, -0.2) is 54.4 Å². The number of aliphatic hydroxyl groups excluding tert-OH is 1. The van der Waals surface area contributed by atoms with E-state index < -0.39 is 17.9 Å². The zero-order valence-corrected chi connectivity index (χ0v) is 38.6. The van der Waals surface area contributed by atoms with Crippen LogP contribution in [0.3, 0.4) is 0 Å². The number of aryl methyl sites for hydroxylation is 1. The summed E-state index contributed by atoms with van der Waals surface area (Å²) >= 11 is 0. The second kappa shape index (κ2) is 18.5. The normalized spacial score (nSPS) is 28.1. The predicted octanol–water partition coefficient (Wildman–Crippen LogP) is 10.1. The number of ether oxygens (including phenoxy) is 2. The molecule has 1 spiro atoms. The van der Waals surface area contributed by atoms with E-state index in [9.17, 15) is 40.5 Å². The molecule has 0 aliphatic heterocycles. The van der Waals surface area contributed by atoms with Crippen LogP contribution in [0.25, 0.3) is 0 Å². The predicted molar refractivity (Wildman–Crippen MR) is 257 cm³/mol. The van der Waals surface area contributed by atoms with Crippen molar-refractivity contribution in [1.29, 1.82) is 0 Å². The summed E-state index contributed by atoms with van der Waals surface area (Å²) in [5.74, 6) is -2.40. The molecule has 4 saturated carbocycles. The zero-order chi connectivity index (χ0) is 47.3. The molecule has 358 valence electrons. The van der Waals surface area contributed by atoms with Gasteiger partial charge in [-0.25, -0.2) is 0 Å². The Morgan fingerprint density at radius 2 is 1.50 bits per heavy atom. The monoisotopic (exact) mass is 923 g/mol. The molecular formula is C57H65NO10. The van der Waals surface area contributed by atoms with Gasteiger partial charge in [0.25, 0.3) is 0 Å². The van der Waals surface area contributed by atoms with Crippen molar-refractivity contribution in [3.8, 4) is 46.0 Å². The van der Waals surface area contributed by atoms with Gasteiger partial charge in [-0.05, 0) is 175 Å². The second-order valence-electron chi connectivity index (χ2n) is 21.0. The van der Waals surface area contributed by atoms with Crippen LogP contribution in [0, 0.1) is 35.0 Å². The van der Waals surface area contributed by atoms with E-state index in [-0.39, 0.29) is 112 Å². The van der Waals surface area contributed by atoms with E-state index in [0.29, 0.717) is 36.8 Å². The minimum absolute atomic E-state index is 0.0118. The number of rotatable bonds is 13. The van der Waals surface area contributed by atoms with E-state index >= 15 is 0 Å². The first-order valence-electron chi connectivity index (χ1n) is 24.8. The standard InChI is InChI=1S/C57H65NO10/c58-32-68-49-23-33(13-17-46(49)62)12-16-45(61)42-25-36(24-35-14-15-40(60)28-47(35)63)41-26-37-27-44(57(38-9-2-1-3-10-38)21-7-20-56(31-57)18-4-5-19-56)51(52(41)53(42)65)43-29-48(64)54(66)55(50(37)43)67-30-34-8-6-11-39(59)22-34/h1-3,6,8-11,13-15,17,22-23,28-29,36-37,41-42,44,51-53,59-60,62-66H,4-5,7,12,16,18-21,24-27,30-32,58H2. The average Bonchev–Trinajstić information content (AvgIpc) is 3.62. The minimum Gasteiger partial charge on any atom is -0.508 e. The Balaban J connectivity index is 1.13. The number of Topliss-reactive ketones (excluding diaryl/α,β-unsaturated/α-hetero) is 1. The number of phenols is 6. The van der Waals surface area contributed by atoms with Crippen molar-refractivity contribution >= 4 is 5.78 Å². The molecule has 6 aliphatic rings. The van der Waals surface area contributed by atoms with Crippen molar-refractivity contribution in [2.45, 2.75) is 120 Å². The minimum atomic E-state index is -1.06. The number of ketones is 1. The highest BCUT2D eigenvalue weighted by Crippen LogP contribution is 2.70. The Morgan fingerprint density at radius 3 is 2.26 bits per heavy atom. The molecule has 11 heteroatoms.